The maximum Gasteiger partial charge on any atom is 0.243 e. The number of anilines is 2. The van der Waals surface area contributed by atoms with E-state index in [0.29, 0.717) is 36.7 Å². The van der Waals surface area contributed by atoms with E-state index in [2.05, 4.69) is 5.32 Å². The lowest BCUT2D eigenvalue weighted by atomic mass is 10.1. The molecule has 0 aliphatic carbocycles. The number of nitrogens with zero attached hydrogens (tertiary/aromatic N) is 2. The van der Waals surface area contributed by atoms with E-state index in [1.807, 2.05) is 31.1 Å². The fraction of sp³-hybridized carbons (Fsp3) is 0.435. The minimum absolute atomic E-state index is 0.150. The van der Waals surface area contributed by atoms with Crippen LogP contribution in [0.2, 0.25) is 0 Å². The molecule has 176 valence electrons. The summed E-state index contributed by atoms with van der Waals surface area (Å²) in [4.78, 5) is 14.7. The Labute approximate surface area is 191 Å². The van der Waals surface area contributed by atoms with Crippen LogP contribution < -0.4 is 19.7 Å². The smallest absolute Gasteiger partial charge is 0.243 e. The second-order valence-electron chi connectivity index (χ2n) is 7.36. The van der Waals surface area contributed by atoms with E-state index >= 15 is 0 Å². The molecular weight excluding hydrogens is 430 g/mol. The van der Waals surface area contributed by atoms with Gasteiger partial charge in [-0.1, -0.05) is 26.0 Å². The number of carbonyl (C=O) groups excluding carboxylic acids is 1. The summed E-state index contributed by atoms with van der Waals surface area (Å²) in [5.41, 5.74) is 2.02. The highest BCUT2D eigenvalue weighted by Crippen LogP contribution is 2.32. The summed E-state index contributed by atoms with van der Waals surface area (Å²) < 4.78 is 38.0. The summed E-state index contributed by atoms with van der Waals surface area (Å²) in [6.07, 6.45) is 0.643. The fourth-order valence-corrected chi connectivity index (χ4v) is 4.97. The van der Waals surface area contributed by atoms with Crippen molar-refractivity contribution in [2.24, 2.45) is 0 Å². The van der Waals surface area contributed by atoms with Crippen LogP contribution in [0.15, 0.2) is 41.3 Å². The Bertz CT molecular complexity index is 1030. The van der Waals surface area contributed by atoms with E-state index in [0.717, 1.165) is 11.3 Å². The number of carbonyl (C=O) groups is 1. The van der Waals surface area contributed by atoms with E-state index in [9.17, 15) is 13.2 Å². The molecule has 2 aromatic rings. The molecule has 0 aliphatic rings. The summed E-state index contributed by atoms with van der Waals surface area (Å²) in [7, 11) is 3.16. The van der Waals surface area contributed by atoms with Gasteiger partial charge < -0.3 is 19.7 Å². The second-order valence-corrected chi connectivity index (χ2v) is 9.30. The summed E-state index contributed by atoms with van der Waals surface area (Å²) >= 11 is 0. The number of aryl methyl sites for hydroxylation is 1. The number of sulfonamides is 1. The molecule has 1 amide bonds. The van der Waals surface area contributed by atoms with Crippen molar-refractivity contribution in [2.45, 2.75) is 31.6 Å². The fourth-order valence-electron chi connectivity index (χ4n) is 3.49. The van der Waals surface area contributed by atoms with Gasteiger partial charge in [-0.3, -0.25) is 4.79 Å². The van der Waals surface area contributed by atoms with Crippen LogP contribution in [0, 0.1) is 0 Å². The predicted molar refractivity (Wildman–Crippen MR) is 127 cm³/mol. The van der Waals surface area contributed by atoms with Crippen LogP contribution in [-0.4, -0.2) is 60.0 Å². The molecule has 9 heteroatoms. The standard InChI is InChI=1S/C23H33N3O5S/c1-7-26(8-2)32(28,29)18-13-14-20(25(3)4)19(16-18)24-22(27)15-12-17-10-9-11-21(30-5)23(17)31-6/h9-11,13-14,16H,7-8,12,15H2,1-6H3,(H,24,27). The summed E-state index contributed by atoms with van der Waals surface area (Å²) in [6.45, 7) is 4.34. The summed E-state index contributed by atoms with van der Waals surface area (Å²) in [6, 6.07) is 10.3. The summed E-state index contributed by atoms with van der Waals surface area (Å²) in [5, 5.41) is 2.88. The van der Waals surface area contributed by atoms with Crippen molar-refractivity contribution >= 4 is 27.3 Å². The lowest BCUT2D eigenvalue weighted by Gasteiger charge is -2.22. The van der Waals surface area contributed by atoms with Crippen molar-refractivity contribution < 1.29 is 22.7 Å². The van der Waals surface area contributed by atoms with Crippen LogP contribution in [0.3, 0.4) is 0 Å². The highest BCUT2D eigenvalue weighted by Gasteiger charge is 2.23. The van der Waals surface area contributed by atoms with E-state index in [1.165, 1.54) is 10.4 Å². The number of para-hydroxylation sites is 1. The number of nitrogens with one attached hydrogen (secondary N) is 1. The van der Waals surface area contributed by atoms with Gasteiger partial charge >= 0.3 is 0 Å². The molecule has 0 aliphatic heterocycles. The first-order valence-electron chi connectivity index (χ1n) is 10.5. The first kappa shape index (κ1) is 25.5. The molecule has 2 rings (SSSR count). The zero-order valence-corrected chi connectivity index (χ0v) is 20.5. The molecule has 0 heterocycles. The van der Waals surface area contributed by atoms with Crippen LogP contribution in [0.1, 0.15) is 25.8 Å². The van der Waals surface area contributed by atoms with Gasteiger partial charge in [-0.05, 0) is 36.2 Å². The Balaban J connectivity index is 2.27. The molecule has 1 N–H and O–H groups in total. The Kier molecular flexibility index (Phi) is 8.91. The zero-order valence-electron chi connectivity index (χ0n) is 19.6. The third-order valence-electron chi connectivity index (χ3n) is 5.17. The van der Waals surface area contributed by atoms with Crippen molar-refractivity contribution in [3.63, 3.8) is 0 Å². The number of amides is 1. The minimum Gasteiger partial charge on any atom is -0.493 e. The van der Waals surface area contributed by atoms with Gasteiger partial charge in [0.2, 0.25) is 15.9 Å². The number of ether oxygens (including phenoxy) is 2. The van der Waals surface area contributed by atoms with Crippen molar-refractivity contribution in [1.29, 1.82) is 0 Å². The first-order chi connectivity index (χ1) is 15.2. The number of benzene rings is 2. The van der Waals surface area contributed by atoms with Crippen molar-refractivity contribution in [1.82, 2.24) is 4.31 Å². The minimum atomic E-state index is -3.64. The Hall–Kier alpha value is -2.78. The van der Waals surface area contributed by atoms with Crippen LogP contribution in [0.25, 0.3) is 0 Å². The summed E-state index contributed by atoms with van der Waals surface area (Å²) in [5.74, 6) is 0.981. The lowest BCUT2D eigenvalue weighted by molar-refractivity contribution is -0.116. The molecule has 0 atom stereocenters. The van der Waals surface area contributed by atoms with Gasteiger partial charge in [0, 0.05) is 33.6 Å². The molecule has 0 saturated heterocycles. The van der Waals surface area contributed by atoms with Crippen LogP contribution in [0.5, 0.6) is 11.5 Å². The molecule has 0 aromatic heterocycles. The topological polar surface area (TPSA) is 88.2 Å². The average Bonchev–Trinajstić information content (AvgIpc) is 2.77. The monoisotopic (exact) mass is 463 g/mol. The molecular formula is C23H33N3O5S. The quantitative estimate of drug-likeness (QED) is 0.550. The predicted octanol–water partition coefficient (Wildman–Crippen LogP) is 3.37. The second kappa shape index (κ2) is 11.2. The molecule has 2 aromatic carbocycles. The zero-order chi connectivity index (χ0) is 23.9. The molecule has 8 nitrogen and oxygen atoms in total. The third kappa shape index (κ3) is 5.72. The number of methoxy groups -OCH3 is 2. The van der Waals surface area contributed by atoms with Gasteiger partial charge in [0.15, 0.2) is 11.5 Å². The molecule has 0 saturated carbocycles. The van der Waals surface area contributed by atoms with Crippen LogP contribution in [-0.2, 0) is 21.2 Å². The Morgan fingerprint density at radius 1 is 1.03 bits per heavy atom. The lowest BCUT2D eigenvalue weighted by Crippen LogP contribution is -2.30. The number of hydrogen-bond acceptors (Lipinski definition) is 6. The van der Waals surface area contributed by atoms with Crippen molar-refractivity contribution in [2.75, 3.05) is 51.6 Å². The van der Waals surface area contributed by atoms with Crippen molar-refractivity contribution in [3.05, 3.63) is 42.0 Å². The first-order valence-corrected chi connectivity index (χ1v) is 11.9. The molecule has 32 heavy (non-hydrogen) atoms. The number of hydrogen-bond donors (Lipinski definition) is 1. The molecule has 0 bridgehead atoms. The van der Waals surface area contributed by atoms with Gasteiger partial charge in [0.25, 0.3) is 0 Å². The number of rotatable bonds is 11. The molecule has 0 radical (unpaired) electrons. The van der Waals surface area contributed by atoms with Crippen LogP contribution >= 0.6 is 0 Å². The molecule has 0 unspecified atom stereocenters. The third-order valence-corrected chi connectivity index (χ3v) is 7.22. The van der Waals surface area contributed by atoms with Gasteiger partial charge in [0.1, 0.15) is 0 Å². The van der Waals surface area contributed by atoms with Gasteiger partial charge in [-0.25, -0.2) is 8.42 Å². The average molecular weight is 464 g/mol. The highest BCUT2D eigenvalue weighted by molar-refractivity contribution is 7.89. The van der Waals surface area contributed by atoms with Crippen molar-refractivity contribution in [3.8, 4) is 11.5 Å². The molecule has 0 fully saturated rings. The molecule has 0 spiro atoms. The maximum atomic E-state index is 12.9. The Morgan fingerprint density at radius 2 is 1.72 bits per heavy atom. The Morgan fingerprint density at radius 3 is 2.28 bits per heavy atom. The highest BCUT2D eigenvalue weighted by atomic mass is 32.2. The van der Waals surface area contributed by atoms with E-state index in [1.54, 1.807) is 46.3 Å². The largest absolute Gasteiger partial charge is 0.493 e. The van der Waals surface area contributed by atoms with E-state index < -0.39 is 10.0 Å². The normalized spacial score (nSPS) is 11.3. The van der Waals surface area contributed by atoms with E-state index in [4.69, 9.17) is 9.47 Å². The van der Waals surface area contributed by atoms with Gasteiger partial charge in [-0.2, -0.15) is 4.31 Å². The van der Waals surface area contributed by atoms with Gasteiger partial charge in [0.05, 0.1) is 30.5 Å². The van der Waals surface area contributed by atoms with E-state index in [-0.39, 0.29) is 17.2 Å². The SMILES string of the molecule is CCN(CC)S(=O)(=O)c1ccc(N(C)C)c(NC(=O)CCc2cccc(OC)c2OC)c1. The van der Waals surface area contributed by atoms with Gasteiger partial charge in [-0.15, -0.1) is 0 Å². The maximum absolute atomic E-state index is 12.9. The van der Waals surface area contributed by atoms with Crippen LogP contribution in [0.4, 0.5) is 11.4 Å².